The van der Waals surface area contributed by atoms with Crippen LogP contribution in [0.1, 0.15) is 25.4 Å². The van der Waals surface area contributed by atoms with Crippen molar-refractivity contribution in [1.82, 2.24) is 9.55 Å². The van der Waals surface area contributed by atoms with E-state index in [1.165, 1.54) is 0 Å². The number of nitrogens with zero attached hydrogens (tertiary/aromatic N) is 2. The minimum absolute atomic E-state index is 0.0337. The molecule has 0 saturated heterocycles. The van der Waals surface area contributed by atoms with Gasteiger partial charge < -0.3 is 9.67 Å². The van der Waals surface area contributed by atoms with Crippen molar-refractivity contribution in [1.29, 1.82) is 0 Å². The molecule has 0 fully saturated rings. The Hall–Kier alpha value is -0.830. The predicted molar refractivity (Wildman–Crippen MR) is 47.7 cm³/mol. The van der Waals surface area contributed by atoms with Gasteiger partial charge in [-0.15, -0.1) is 0 Å². The van der Waals surface area contributed by atoms with Crippen LogP contribution < -0.4 is 0 Å². The van der Waals surface area contributed by atoms with Gasteiger partial charge in [-0.1, -0.05) is 13.8 Å². The maximum atomic E-state index is 8.83. The fraction of sp³-hybridized carbons (Fsp3) is 0.667. The van der Waals surface area contributed by atoms with Gasteiger partial charge in [0.15, 0.2) is 0 Å². The van der Waals surface area contributed by atoms with Crippen molar-refractivity contribution in [2.24, 2.45) is 13.0 Å². The Morgan fingerprint density at radius 2 is 2.25 bits per heavy atom. The van der Waals surface area contributed by atoms with Crippen LogP contribution in [0.5, 0.6) is 0 Å². The summed E-state index contributed by atoms with van der Waals surface area (Å²) < 4.78 is 1.98. The van der Waals surface area contributed by atoms with E-state index < -0.39 is 0 Å². The number of aromatic nitrogens is 2. The topological polar surface area (TPSA) is 38.1 Å². The lowest BCUT2D eigenvalue weighted by Gasteiger charge is -2.03. The van der Waals surface area contributed by atoms with E-state index in [0.29, 0.717) is 5.92 Å². The predicted octanol–water partition coefficient (Wildman–Crippen LogP) is 1.11. The van der Waals surface area contributed by atoms with Crippen molar-refractivity contribution < 1.29 is 5.11 Å². The fourth-order valence-corrected chi connectivity index (χ4v) is 1.20. The lowest BCUT2D eigenvalue weighted by molar-refractivity contribution is 0.277. The van der Waals surface area contributed by atoms with Gasteiger partial charge in [-0.25, -0.2) is 4.98 Å². The summed E-state index contributed by atoms with van der Waals surface area (Å²) in [5.41, 5.74) is 0.758. The highest BCUT2D eigenvalue weighted by atomic mass is 16.3. The van der Waals surface area contributed by atoms with E-state index in [9.17, 15) is 0 Å². The minimum Gasteiger partial charge on any atom is -0.390 e. The number of aliphatic hydroxyl groups excluding tert-OH is 1. The third-order valence-electron chi connectivity index (χ3n) is 1.78. The molecule has 0 radical (unpaired) electrons. The number of hydrogen-bond donors (Lipinski definition) is 1. The van der Waals surface area contributed by atoms with Gasteiger partial charge in [-0.2, -0.15) is 0 Å². The second-order valence-corrected chi connectivity index (χ2v) is 3.52. The van der Waals surface area contributed by atoms with Crippen LogP contribution >= 0.6 is 0 Å². The van der Waals surface area contributed by atoms with Crippen molar-refractivity contribution in [3.05, 3.63) is 17.7 Å². The molecule has 12 heavy (non-hydrogen) atoms. The molecule has 1 aromatic heterocycles. The molecule has 0 aliphatic carbocycles. The quantitative estimate of drug-likeness (QED) is 0.734. The monoisotopic (exact) mass is 168 g/mol. The first-order chi connectivity index (χ1) is 5.63. The number of aliphatic hydroxyl groups is 1. The van der Waals surface area contributed by atoms with Gasteiger partial charge in [0.25, 0.3) is 0 Å². The Bertz CT molecular complexity index is 253. The van der Waals surface area contributed by atoms with Crippen LogP contribution in [-0.2, 0) is 20.1 Å². The SMILES string of the molecule is CC(C)Cc1nc(CO)cn1C. The van der Waals surface area contributed by atoms with Crippen molar-refractivity contribution in [3.63, 3.8) is 0 Å². The van der Waals surface area contributed by atoms with E-state index in [-0.39, 0.29) is 6.61 Å². The van der Waals surface area contributed by atoms with Crippen molar-refractivity contribution >= 4 is 0 Å². The van der Waals surface area contributed by atoms with Crippen LogP contribution in [0.25, 0.3) is 0 Å². The van der Waals surface area contributed by atoms with Gasteiger partial charge in [-0.3, -0.25) is 0 Å². The van der Waals surface area contributed by atoms with E-state index in [2.05, 4.69) is 18.8 Å². The zero-order valence-electron chi connectivity index (χ0n) is 7.91. The van der Waals surface area contributed by atoms with Crippen LogP contribution in [0.2, 0.25) is 0 Å². The Kier molecular flexibility index (Phi) is 2.87. The van der Waals surface area contributed by atoms with Gasteiger partial charge in [0.2, 0.25) is 0 Å². The van der Waals surface area contributed by atoms with Crippen molar-refractivity contribution in [3.8, 4) is 0 Å². The standard InChI is InChI=1S/C9H16N2O/c1-7(2)4-9-10-8(6-12)5-11(9)3/h5,7,12H,4,6H2,1-3H3. The summed E-state index contributed by atoms with van der Waals surface area (Å²) in [4.78, 5) is 4.28. The zero-order valence-corrected chi connectivity index (χ0v) is 7.91. The molecular formula is C9H16N2O. The molecule has 0 unspecified atom stereocenters. The second kappa shape index (κ2) is 3.72. The lowest BCUT2D eigenvalue weighted by atomic mass is 10.1. The smallest absolute Gasteiger partial charge is 0.109 e. The van der Waals surface area contributed by atoms with E-state index in [1.807, 2.05) is 17.8 Å². The first-order valence-electron chi connectivity index (χ1n) is 4.25. The highest BCUT2D eigenvalue weighted by Gasteiger charge is 2.05. The Morgan fingerprint density at radius 3 is 2.67 bits per heavy atom. The largest absolute Gasteiger partial charge is 0.390 e. The van der Waals surface area contributed by atoms with Gasteiger partial charge in [-0.05, 0) is 5.92 Å². The molecule has 68 valence electrons. The number of hydrogen-bond acceptors (Lipinski definition) is 2. The molecule has 3 heteroatoms. The molecule has 0 bridgehead atoms. The summed E-state index contributed by atoms with van der Waals surface area (Å²) in [6.45, 7) is 4.35. The van der Waals surface area contributed by atoms with Gasteiger partial charge in [0, 0.05) is 19.7 Å². The zero-order chi connectivity index (χ0) is 9.14. The van der Waals surface area contributed by atoms with Gasteiger partial charge in [0.05, 0.1) is 12.3 Å². The number of aryl methyl sites for hydroxylation is 1. The minimum atomic E-state index is 0.0337. The Morgan fingerprint density at radius 1 is 1.58 bits per heavy atom. The Balaban J connectivity index is 2.77. The summed E-state index contributed by atoms with van der Waals surface area (Å²) in [6, 6.07) is 0. The summed E-state index contributed by atoms with van der Waals surface area (Å²) in [7, 11) is 1.96. The maximum Gasteiger partial charge on any atom is 0.109 e. The average molecular weight is 168 g/mol. The highest BCUT2D eigenvalue weighted by molar-refractivity contribution is 5.02. The molecule has 0 amide bonds. The molecular weight excluding hydrogens is 152 g/mol. The highest BCUT2D eigenvalue weighted by Crippen LogP contribution is 2.07. The first kappa shape index (κ1) is 9.26. The van der Waals surface area contributed by atoms with Gasteiger partial charge in [0.1, 0.15) is 5.82 Å². The van der Waals surface area contributed by atoms with E-state index in [0.717, 1.165) is 17.9 Å². The maximum absolute atomic E-state index is 8.83. The molecule has 1 aromatic rings. The van der Waals surface area contributed by atoms with Crippen LogP contribution in [0.15, 0.2) is 6.20 Å². The van der Waals surface area contributed by atoms with Crippen LogP contribution in [0, 0.1) is 5.92 Å². The first-order valence-corrected chi connectivity index (χ1v) is 4.25. The summed E-state index contributed by atoms with van der Waals surface area (Å²) >= 11 is 0. The number of imidazole rings is 1. The molecule has 0 aliphatic heterocycles. The Labute approximate surface area is 73.1 Å². The third-order valence-corrected chi connectivity index (χ3v) is 1.78. The summed E-state index contributed by atoms with van der Waals surface area (Å²) in [6.07, 6.45) is 2.84. The molecule has 0 aromatic carbocycles. The van der Waals surface area contributed by atoms with E-state index in [1.54, 1.807) is 0 Å². The van der Waals surface area contributed by atoms with Crippen LogP contribution in [-0.4, -0.2) is 14.7 Å². The van der Waals surface area contributed by atoms with Crippen LogP contribution in [0.4, 0.5) is 0 Å². The molecule has 0 atom stereocenters. The third kappa shape index (κ3) is 2.08. The fourth-order valence-electron chi connectivity index (χ4n) is 1.20. The normalized spacial score (nSPS) is 11.1. The molecule has 0 aliphatic rings. The van der Waals surface area contributed by atoms with Gasteiger partial charge >= 0.3 is 0 Å². The molecule has 1 rings (SSSR count). The lowest BCUT2D eigenvalue weighted by Crippen LogP contribution is -2.01. The summed E-state index contributed by atoms with van der Waals surface area (Å²) in [5, 5.41) is 8.83. The van der Waals surface area contributed by atoms with E-state index >= 15 is 0 Å². The molecule has 3 nitrogen and oxygen atoms in total. The summed E-state index contributed by atoms with van der Waals surface area (Å²) in [5.74, 6) is 1.66. The number of rotatable bonds is 3. The molecule has 1 heterocycles. The van der Waals surface area contributed by atoms with Crippen molar-refractivity contribution in [2.75, 3.05) is 0 Å². The van der Waals surface area contributed by atoms with Crippen molar-refractivity contribution in [2.45, 2.75) is 26.9 Å². The average Bonchev–Trinajstić information content (AvgIpc) is 2.31. The molecule has 0 spiro atoms. The van der Waals surface area contributed by atoms with E-state index in [4.69, 9.17) is 5.11 Å². The van der Waals surface area contributed by atoms with Crippen LogP contribution in [0.3, 0.4) is 0 Å². The second-order valence-electron chi connectivity index (χ2n) is 3.52. The molecule has 1 N–H and O–H groups in total. The molecule has 0 saturated carbocycles.